The Kier molecular flexibility index (Phi) is 5.76. The summed E-state index contributed by atoms with van der Waals surface area (Å²) in [4.78, 5) is 2.43. The molecule has 0 aliphatic carbocycles. The Bertz CT molecular complexity index is 887. The first-order valence-corrected chi connectivity index (χ1v) is 9.82. The van der Waals surface area contributed by atoms with E-state index in [-0.39, 0.29) is 5.82 Å². The van der Waals surface area contributed by atoms with Gasteiger partial charge in [0.1, 0.15) is 18.2 Å². The Balaban J connectivity index is 1.36. The molecule has 144 valence electrons. The van der Waals surface area contributed by atoms with Crippen molar-refractivity contribution in [1.29, 1.82) is 0 Å². The molecule has 1 N–H and O–H groups in total. The van der Waals surface area contributed by atoms with Gasteiger partial charge in [0.2, 0.25) is 0 Å². The summed E-state index contributed by atoms with van der Waals surface area (Å²) in [5.74, 6) is 0.608. The fourth-order valence-corrected chi connectivity index (χ4v) is 3.50. The van der Waals surface area contributed by atoms with E-state index in [4.69, 9.17) is 4.74 Å². The van der Waals surface area contributed by atoms with Gasteiger partial charge < -0.3 is 15.0 Å². The van der Waals surface area contributed by atoms with Crippen LogP contribution in [0.5, 0.6) is 5.75 Å². The van der Waals surface area contributed by atoms with E-state index in [1.54, 1.807) is 12.1 Å². The summed E-state index contributed by atoms with van der Waals surface area (Å²) in [5.41, 5.74) is 4.43. The maximum atomic E-state index is 13.0. The van der Waals surface area contributed by atoms with E-state index < -0.39 is 0 Å². The first-order valence-electron chi connectivity index (χ1n) is 9.82. The van der Waals surface area contributed by atoms with Crippen LogP contribution in [-0.4, -0.2) is 13.1 Å². The molecular weight excluding hydrogens is 351 g/mol. The standard InChI is InChI=1S/C24H25FN2O/c25-21-9-7-19(8-10-21)18-28-24-6-2-1-5-20(24)17-26-22-11-13-23(14-12-22)27-15-3-4-16-27/h1-2,5-14,26H,3-4,15-18H2. The molecule has 3 aromatic carbocycles. The predicted molar refractivity (Wildman–Crippen MR) is 112 cm³/mol. The molecule has 1 saturated heterocycles. The van der Waals surface area contributed by atoms with Crippen LogP contribution in [0.3, 0.4) is 0 Å². The summed E-state index contributed by atoms with van der Waals surface area (Å²) in [6.07, 6.45) is 2.57. The number of anilines is 2. The Morgan fingerprint density at radius 1 is 0.857 bits per heavy atom. The van der Waals surface area contributed by atoms with Crippen LogP contribution in [-0.2, 0) is 13.2 Å². The fourth-order valence-electron chi connectivity index (χ4n) is 3.50. The second kappa shape index (κ2) is 8.79. The van der Waals surface area contributed by atoms with Crippen LogP contribution in [0.4, 0.5) is 15.8 Å². The van der Waals surface area contributed by atoms with Crippen molar-refractivity contribution < 1.29 is 9.13 Å². The van der Waals surface area contributed by atoms with Gasteiger partial charge in [0.05, 0.1) is 0 Å². The second-order valence-electron chi connectivity index (χ2n) is 7.12. The van der Waals surface area contributed by atoms with E-state index in [1.165, 1.54) is 30.7 Å². The zero-order valence-electron chi connectivity index (χ0n) is 15.9. The largest absolute Gasteiger partial charge is 0.489 e. The van der Waals surface area contributed by atoms with Gasteiger partial charge >= 0.3 is 0 Å². The van der Waals surface area contributed by atoms with Gasteiger partial charge in [-0.15, -0.1) is 0 Å². The molecule has 0 radical (unpaired) electrons. The third kappa shape index (κ3) is 4.63. The summed E-state index contributed by atoms with van der Waals surface area (Å²) in [6.45, 7) is 3.42. The first-order chi connectivity index (χ1) is 13.8. The maximum Gasteiger partial charge on any atom is 0.124 e. The molecule has 1 aliphatic heterocycles. The van der Waals surface area contributed by atoms with Crippen molar-refractivity contribution in [1.82, 2.24) is 0 Å². The molecule has 0 bridgehead atoms. The van der Waals surface area contributed by atoms with Crippen molar-refractivity contribution in [3.63, 3.8) is 0 Å². The van der Waals surface area contributed by atoms with E-state index in [2.05, 4.69) is 40.5 Å². The van der Waals surface area contributed by atoms with Gasteiger partial charge in [-0.2, -0.15) is 0 Å². The average molecular weight is 376 g/mol. The predicted octanol–water partition coefficient (Wildman–Crippen LogP) is 5.62. The first kappa shape index (κ1) is 18.4. The fraction of sp³-hybridized carbons (Fsp3) is 0.250. The molecule has 1 aliphatic rings. The molecule has 0 amide bonds. The van der Waals surface area contributed by atoms with Crippen LogP contribution in [0.15, 0.2) is 72.8 Å². The Morgan fingerprint density at radius 3 is 2.32 bits per heavy atom. The maximum absolute atomic E-state index is 13.0. The van der Waals surface area contributed by atoms with Crippen molar-refractivity contribution in [2.45, 2.75) is 26.0 Å². The highest BCUT2D eigenvalue weighted by Gasteiger charge is 2.11. The Labute approximate surface area is 165 Å². The SMILES string of the molecule is Fc1ccc(COc2ccccc2CNc2ccc(N3CCCC3)cc2)cc1. The number of benzene rings is 3. The van der Waals surface area contributed by atoms with Crippen LogP contribution in [0.25, 0.3) is 0 Å². The van der Waals surface area contributed by atoms with Crippen LogP contribution in [0, 0.1) is 5.82 Å². The molecule has 3 nitrogen and oxygen atoms in total. The lowest BCUT2D eigenvalue weighted by atomic mass is 10.2. The normalized spacial score (nSPS) is 13.5. The number of rotatable bonds is 7. The molecule has 4 heteroatoms. The van der Waals surface area contributed by atoms with Crippen LogP contribution in [0.2, 0.25) is 0 Å². The van der Waals surface area contributed by atoms with Gasteiger partial charge in [0, 0.05) is 36.6 Å². The number of ether oxygens (including phenoxy) is 1. The second-order valence-corrected chi connectivity index (χ2v) is 7.12. The van der Waals surface area contributed by atoms with Crippen molar-refractivity contribution in [2.75, 3.05) is 23.3 Å². The number of halogens is 1. The Hall–Kier alpha value is -3.01. The number of para-hydroxylation sites is 1. The quantitative estimate of drug-likeness (QED) is 0.579. The van der Waals surface area contributed by atoms with Crippen molar-refractivity contribution in [3.05, 3.63) is 89.7 Å². The van der Waals surface area contributed by atoms with Gasteiger partial charge in [-0.05, 0) is 60.9 Å². The lowest BCUT2D eigenvalue weighted by Gasteiger charge is -2.18. The zero-order chi connectivity index (χ0) is 19.2. The highest BCUT2D eigenvalue weighted by molar-refractivity contribution is 5.56. The molecule has 28 heavy (non-hydrogen) atoms. The smallest absolute Gasteiger partial charge is 0.124 e. The van der Waals surface area contributed by atoms with E-state index in [1.807, 2.05) is 18.2 Å². The van der Waals surface area contributed by atoms with Crippen molar-refractivity contribution in [3.8, 4) is 5.75 Å². The molecule has 3 aromatic rings. The van der Waals surface area contributed by atoms with E-state index >= 15 is 0 Å². The van der Waals surface area contributed by atoms with E-state index in [9.17, 15) is 4.39 Å². The van der Waals surface area contributed by atoms with Gasteiger partial charge in [0.15, 0.2) is 0 Å². The molecule has 0 saturated carbocycles. The monoisotopic (exact) mass is 376 g/mol. The molecule has 1 fully saturated rings. The lowest BCUT2D eigenvalue weighted by molar-refractivity contribution is 0.303. The molecule has 0 spiro atoms. The number of hydrogen-bond acceptors (Lipinski definition) is 3. The summed E-state index contributed by atoms with van der Waals surface area (Å²) in [5, 5.41) is 3.48. The number of nitrogens with one attached hydrogen (secondary N) is 1. The minimum atomic E-state index is -0.232. The molecular formula is C24H25FN2O. The zero-order valence-corrected chi connectivity index (χ0v) is 15.9. The number of hydrogen-bond donors (Lipinski definition) is 1. The highest BCUT2D eigenvalue weighted by atomic mass is 19.1. The topological polar surface area (TPSA) is 24.5 Å². The van der Waals surface area contributed by atoms with E-state index in [0.29, 0.717) is 13.2 Å². The molecule has 1 heterocycles. The minimum Gasteiger partial charge on any atom is -0.489 e. The van der Waals surface area contributed by atoms with Crippen LogP contribution < -0.4 is 15.0 Å². The van der Waals surface area contributed by atoms with Gasteiger partial charge in [-0.25, -0.2) is 4.39 Å². The number of nitrogens with zero attached hydrogens (tertiary/aromatic N) is 1. The van der Waals surface area contributed by atoms with Crippen LogP contribution in [0.1, 0.15) is 24.0 Å². The summed E-state index contributed by atoms with van der Waals surface area (Å²) < 4.78 is 19.0. The van der Waals surface area contributed by atoms with Gasteiger partial charge in [-0.1, -0.05) is 30.3 Å². The van der Waals surface area contributed by atoms with Gasteiger partial charge in [0.25, 0.3) is 0 Å². The molecule has 0 aromatic heterocycles. The minimum absolute atomic E-state index is 0.232. The summed E-state index contributed by atoms with van der Waals surface area (Å²) >= 11 is 0. The molecule has 0 unspecified atom stereocenters. The summed E-state index contributed by atoms with van der Waals surface area (Å²) in [6, 6.07) is 23.1. The summed E-state index contributed by atoms with van der Waals surface area (Å²) in [7, 11) is 0. The van der Waals surface area contributed by atoms with Crippen molar-refractivity contribution >= 4 is 11.4 Å². The molecule has 4 rings (SSSR count). The molecule has 0 atom stereocenters. The van der Waals surface area contributed by atoms with Crippen LogP contribution >= 0.6 is 0 Å². The highest BCUT2D eigenvalue weighted by Crippen LogP contribution is 2.24. The van der Waals surface area contributed by atoms with Crippen molar-refractivity contribution in [2.24, 2.45) is 0 Å². The van der Waals surface area contributed by atoms with E-state index in [0.717, 1.165) is 35.7 Å². The van der Waals surface area contributed by atoms with Gasteiger partial charge in [-0.3, -0.25) is 0 Å². The third-order valence-corrected chi connectivity index (χ3v) is 5.10. The third-order valence-electron chi connectivity index (χ3n) is 5.10. The Morgan fingerprint density at radius 2 is 1.57 bits per heavy atom. The average Bonchev–Trinajstić information content (AvgIpc) is 3.28. The lowest BCUT2D eigenvalue weighted by Crippen LogP contribution is -2.17.